The Morgan fingerprint density at radius 1 is 1.04 bits per heavy atom. The van der Waals surface area contributed by atoms with Crippen LogP contribution in [0.3, 0.4) is 0 Å². The molecule has 2 unspecified atom stereocenters. The molecule has 3 amide bonds. The van der Waals surface area contributed by atoms with Gasteiger partial charge in [-0.15, -0.1) is 0 Å². The second-order valence-electron chi connectivity index (χ2n) is 7.60. The summed E-state index contributed by atoms with van der Waals surface area (Å²) in [7, 11) is 0. The Morgan fingerprint density at radius 3 is 2.54 bits per heavy atom. The van der Waals surface area contributed by atoms with Gasteiger partial charge in [-0.25, -0.2) is 9.69 Å². The van der Waals surface area contributed by atoms with Crippen LogP contribution in [0.25, 0.3) is 0 Å². The fourth-order valence-corrected chi connectivity index (χ4v) is 4.47. The molecule has 5 nitrogen and oxygen atoms in total. The predicted molar refractivity (Wildman–Crippen MR) is 107 cm³/mol. The van der Waals surface area contributed by atoms with Crippen molar-refractivity contribution in [2.45, 2.75) is 45.2 Å². The molecule has 1 aliphatic carbocycles. The van der Waals surface area contributed by atoms with Gasteiger partial charge in [0.2, 0.25) is 5.91 Å². The Hall–Kier alpha value is -3.13. The van der Waals surface area contributed by atoms with Crippen molar-refractivity contribution in [3.63, 3.8) is 0 Å². The van der Waals surface area contributed by atoms with E-state index in [9.17, 15) is 14.9 Å². The third-order valence-electron chi connectivity index (χ3n) is 5.94. The molecule has 0 spiro atoms. The lowest BCUT2D eigenvalue weighted by molar-refractivity contribution is -0.126. The van der Waals surface area contributed by atoms with Crippen LogP contribution in [0.1, 0.15) is 42.4 Å². The largest absolute Gasteiger partial charge is 0.331 e. The van der Waals surface area contributed by atoms with Crippen molar-refractivity contribution in [2.75, 3.05) is 4.90 Å². The molecular weight excluding hydrogens is 350 g/mol. The summed E-state index contributed by atoms with van der Waals surface area (Å²) in [4.78, 5) is 29.9. The average molecular weight is 373 g/mol. The van der Waals surface area contributed by atoms with E-state index in [0.717, 1.165) is 36.8 Å². The number of imide groups is 1. The highest BCUT2D eigenvalue weighted by molar-refractivity contribution is 6.17. The molecule has 4 rings (SSSR count). The number of nitriles is 1. The number of hydrogen-bond donors (Lipinski definition) is 0. The van der Waals surface area contributed by atoms with Crippen molar-refractivity contribution < 1.29 is 9.59 Å². The molecule has 28 heavy (non-hydrogen) atoms. The number of rotatable bonds is 3. The summed E-state index contributed by atoms with van der Waals surface area (Å²) in [6.45, 7) is 2.26. The van der Waals surface area contributed by atoms with Crippen molar-refractivity contribution in [3.8, 4) is 6.07 Å². The fraction of sp³-hybridized carbons (Fsp3) is 0.348. The van der Waals surface area contributed by atoms with Crippen LogP contribution in [0, 0.1) is 24.2 Å². The molecular formula is C23H23N3O2. The Bertz CT molecular complexity index is 962. The van der Waals surface area contributed by atoms with Crippen LogP contribution in [-0.2, 0) is 11.3 Å². The van der Waals surface area contributed by atoms with E-state index in [0.29, 0.717) is 17.8 Å². The lowest BCUT2D eigenvalue weighted by Crippen LogP contribution is -2.62. The van der Waals surface area contributed by atoms with Crippen molar-refractivity contribution in [1.29, 1.82) is 5.26 Å². The Labute approximate surface area is 165 Å². The molecule has 1 saturated carbocycles. The van der Waals surface area contributed by atoms with Gasteiger partial charge in [0.25, 0.3) is 0 Å². The maximum atomic E-state index is 13.5. The lowest BCUT2D eigenvalue weighted by atomic mass is 9.80. The molecule has 2 atom stereocenters. The number of nitrogens with zero attached hydrogens (tertiary/aromatic N) is 3. The molecule has 1 aliphatic heterocycles. The molecule has 0 aromatic heterocycles. The first-order valence-corrected chi connectivity index (χ1v) is 9.80. The fourth-order valence-electron chi connectivity index (χ4n) is 4.47. The number of urea groups is 1. The number of benzene rings is 2. The van der Waals surface area contributed by atoms with Crippen LogP contribution < -0.4 is 4.90 Å². The number of para-hydroxylation sites is 1. The van der Waals surface area contributed by atoms with E-state index in [2.05, 4.69) is 6.07 Å². The molecule has 142 valence electrons. The van der Waals surface area contributed by atoms with Crippen molar-refractivity contribution >= 4 is 17.6 Å². The topological polar surface area (TPSA) is 64.4 Å². The molecule has 0 N–H and O–H groups in total. The number of carbonyl (C=O) groups is 2. The van der Waals surface area contributed by atoms with Gasteiger partial charge in [-0.1, -0.05) is 49.2 Å². The zero-order valence-electron chi connectivity index (χ0n) is 16.0. The van der Waals surface area contributed by atoms with E-state index in [-0.39, 0.29) is 23.9 Å². The van der Waals surface area contributed by atoms with Gasteiger partial charge in [0.1, 0.15) is 0 Å². The third kappa shape index (κ3) is 3.05. The summed E-state index contributed by atoms with van der Waals surface area (Å²) in [6, 6.07) is 16.7. The van der Waals surface area contributed by atoms with Gasteiger partial charge in [-0.05, 0) is 43.0 Å². The minimum atomic E-state index is -0.282. The minimum absolute atomic E-state index is 0.0891. The molecule has 2 fully saturated rings. The smallest absolute Gasteiger partial charge is 0.316 e. The third-order valence-corrected chi connectivity index (χ3v) is 5.94. The average Bonchev–Trinajstić information content (AvgIpc) is 2.73. The molecule has 2 aromatic rings. The number of amides is 3. The van der Waals surface area contributed by atoms with Crippen molar-refractivity contribution in [2.24, 2.45) is 5.92 Å². The summed E-state index contributed by atoms with van der Waals surface area (Å²) in [5.74, 6) is -0.269. The number of anilines is 1. The summed E-state index contributed by atoms with van der Waals surface area (Å²) in [5.41, 5.74) is 2.94. The first-order chi connectivity index (χ1) is 13.6. The molecule has 1 heterocycles. The van der Waals surface area contributed by atoms with Crippen LogP contribution in [-0.4, -0.2) is 22.9 Å². The summed E-state index contributed by atoms with van der Waals surface area (Å²) >= 11 is 0. The highest BCUT2D eigenvalue weighted by Gasteiger charge is 2.47. The number of carbonyl (C=O) groups excluding carboxylic acids is 2. The summed E-state index contributed by atoms with van der Waals surface area (Å²) in [5, 5.41) is 9.44. The lowest BCUT2D eigenvalue weighted by Gasteiger charge is -2.47. The van der Waals surface area contributed by atoms with Crippen molar-refractivity contribution in [3.05, 3.63) is 65.2 Å². The zero-order chi connectivity index (χ0) is 19.7. The van der Waals surface area contributed by atoms with Gasteiger partial charge >= 0.3 is 6.03 Å². The standard InChI is InChI=1S/C23H23N3O2/c1-16-8-2-6-12-20(16)26-22(27)19-11-5-7-13-21(19)25(23(26)28)15-18-10-4-3-9-17(18)14-24/h2-4,6,8-10,12,19,21H,5,7,11,13,15H2,1H3. The van der Waals surface area contributed by atoms with Crippen LogP contribution in [0.15, 0.2) is 48.5 Å². The first-order valence-electron chi connectivity index (χ1n) is 9.80. The normalized spacial score (nSPS) is 22.0. The van der Waals surface area contributed by atoms with E-state index < -0.39 is 0 Å². The Balaban J connectivity index is 1.75. The van der Waals surface area contributed by atoms with E-state index in [1.54, 1.807) is 6.07 Å². The quantitative estimate of drug-likeness (QED) is 0.801. The van der Waals surface area contributed by atoms with Gasteiger partial charge in [0, 0.05) is 12.6 Å². The highest BCUT2D eigenvalue weighted by Crippen LogP contribution is 2.38. The minimum Gasteiger partial charge on any atom is -0.316 e. The van der Waals surface area contributed by atoms with E-state index in [4.69, 9.17) is 0 Å². The maximum absolute atomic E-state index is 13.5. The number of aryl methyl sites for hydroxylation is 1. The second-order valence-corrected chi connectivity index (χ2v) is 7.60. The molecule has 0 radical (unpaired) electrons. The molecule has 2 aliphatic rings. The molecule has 2 aromatic carbocycles. The van der Waals surface area contributed by atoms with E-state index in [1.165, 1.54) is 4.90 Å². The molecule has 5 heteroatoms. The van der Waals surface area contributed by atoms with Gasteiger partial charge in [-0.3, -0.25) is 4.79 Å². The summed E-state index contributed by atoms with van der Waals surface area (Å²) < 4.78 is 0. The van der Waals surface area contributed by atoms with E-state index in [1.807, 2.05) is 54.3 Å². The molecule has 0 bridgehead atoms. The highest BCUT2D eigenvalue weighted by atomic mass is 16.2. The number of fused-ring (bicyclic) bond motifs is 1. The van der Waals surface area contributed by atoms with Gasteiger partial charge in [0.15, 0.2) is 0 Å². The Morgan fingerprint density at radius 2 is 1.75 bits per heavy atom. The SMILES string of the molecule is Cc1ccccc1N1C(=O)C2CCCCC2N(Cc2ccccc2C#N)C1=O. The van der Waals surface area contributed by atoms with Crippen LogP contribution in [0.2, 0.25) is 0 Å². The van der Waals surface area contributed by atoms with E-state index >= 15 is 0 Å². The number of hydrogen-bond acceptors (Lipinski definition) is 3. The van der Waals surface area contributed by atoms with Gasteiger partial charge in [-0.2, -0.15) is 5.26 Å². The van der Waals surface area contributed by atoms with Gasteiger partial charge in [0.05, 0.1) is 23.2 Å². The van der Waals surface area contributed by atoms with Crippen LogP contribution in [0.5, 0.6) is 0 Å². The van der Waals surface area contributed by atoms with Gasteiger partial charge < -0.3 is 4.90 Å². The molecule has 1 saturated heterocycles. The maximum Gasteiger partial charge on any atom is 0.331 e. The van der Waals surface area contributed by atoms with Crippen LogP contribution in [0.4, 0.5) is 10.5 Å². The Kier molecular flexibility index (Phi) is 4.87. The van der Waals surface area contributed by atoms with Crippen LogP contribution >= 0.6 is 0 Å². The monoisotopic (exact) mass is 373 g/mol. The summed E-state index contributed by atoms with van der Waals surface area (Å²) in [6.07, 6.45) is 3.65. The second kappa shape index (κ2) is 7.47. The predicted octanol–water partition coefficient (Wildman–Crippen LogP) is 4.39. The first kappa shape index (κ1) is 18.2. The zero-order valence-corrected chi connectivity index (χ0v) is 16.0. The van der Waals surface area contributed by atoms with Crippen molar-refractivity contribution in [1.82, 2.24) is 4.90 Å².